The number of likely N-dealkylation sites (N-methyl/N-ethyl adjacent to an activating group) is 1. The second kappa shape index (κ2) is 10.6. The van der Waals surface area contributed by atoms with Crippen molar-refractivity contribution < 1.29 is 14.3 Å². The van der Waals surface area contributed by atoms with Gasteiger partial charge in [0.15, 0.2) is 6.61 Å². The molecule has 29 heavy (non-hydrogen) atoms. The number of carbonyl (C=O) groups is 2. The van der Waals surface area contributed by atoms with E-state index in [0.29, 0.717) is 23.9 Å². The number of hydrogen-bond donors (Lipinski definition) is 1. The van der Waals surface area contributed by atoms with Crippen molar-refractivity contribution in [2.24, 2.45) is 0 Å². The number of ether oxygens (including phenoxy) is 1. The van der Waals surface area contributed by atoms with Crippen molar-refractivity contribution in [2.45, 2.75) is 40.3 Å². The second-order valence-corrected chi connectivity index (χ2v) is 8.18. The van der Waals surface area contributed by atoms with Crippen molar-refractivity contribution in [2.75, 3.05) is 13.2 Å². The average molecular weight is 482 g/mol. The van der Waals surface area contributed by atoms with E-state index in [0.717, 1.165) is 21.2 Å². The number of rotatable bonds is 8. The minimum Gasteiger partial charge on any atom is -0.484 e. The molecule has 0 unspecified atom stereocenters. The van der Waals surface area contributed by atoms with E-state index < -0.39 is 6.04 Å². The Hall–Kier alpha value is -2.05. The quantitative estimate of drug-likeness (QED) is 0.597. The Morgan fingerprint density at radius 3 is 2.45 bits per heavy atom. The molecule has 0 aliphatic rings. The molecular weight excluding hydrogens is 456 g/mol. The first-order valence-electron chi connectivity index (χ1n) is 9.44. The molecule has 7 heteroatoms. The fourth-order valence-electron chi connectivity index (χ4n) is 2.95. The third-order valence-electron chi connectivity index (χ3n) is 4.53. The first-order valence-corrected chi connectivity index (χ1v) is 10.6. The molecule has 0 radical (unpaired) electrons. The molecule has 0 heterocycles. The largest absolute Gasteiger partial charge is 0.484 e. The molecule has 2 amide bonds. The lowest BCUT2D eigenvalue weighted by Crippen LogP contribution is -2.49. The van der Waals surface area contributed by atoms with Crippen molar-refractivity contribution in [1.29, 1.82) is 0 Å². The zero-order valence-corrected chi connectivity index (χ0v) is 19.4. The standard InChI is InChI=1S/C22H26BrClN2O3/c1-5-25-22(28)16(4)26(12-17-7-6-8-18(23)11-17)20(27)13-29-19-9-14(2)21(24)15(3)10-19/h6-11,16H,5,12-13H2,1-4H3,(H,25,28)/t16-/m0/s1. The maximum Gasteiger partial charge on any atom is 0.261 e. The molecule has 0 bridgehead atoms. The molecule has 2 rings (SSSR count). The number of benzene rings is 2. The SMILES string of the molecule is CCNC(=O)[C@H](C)N(Cc1cccc(Br)c1)C(=O)COc1cc(C)c(Cl)c(C)c1. The molecular formula is C22H26BrClN2O3. The van der Waals surface area contributed by atoms with Crippen molar-refractivity contribution in [3.05, 3.63) is 62.6 Å². The molecule has 156 valence electrons. The van der Waals surface area contributed by atoms with E-state index >= 15 is 0 Å². The van der Waals surface area contributed by atoms with Gasteiger partial charge in [0.2, 0.25) is 5.91 Å². The van der Waals surface area contributed by atoms with Crippen LogP contribution in [0.25, 0.3) is 0 Å². The van der Waals surface area contributed by atoms with E-state index in [2.05, 4.69) is 21.2 Å². The highest BCUT2D eigenvalue weighted by Crippen LogP contribution is 2.26. The number of amides is 2. The predicted octanol–water partition coefficient (Wildman–Crippen LogP) is 4.65. The molecule has 0 aliphatic heterocycles. The number of nitrogens with zero attached hydrogens (tertiary/aromatic N) is 1. The molecule has 0 aromatic heterocycles. The topological polar surface area (TPSA) is 58.6 Å². The van der Waals surface area contributed by atoms with Crippen molar-refractivity contribution >= 4 is 39.3 Å². The first-order chi connectivity index (χ1) is 13.7. The fraction of sp³-hybridized carbons (Fsp3) is 0.364. The van der Waals surface area contributed by atoms with Gasteiger partial charge >= 0.3 is 0 Å². The van der Waals surface area contributed by atoms with Crippen LogP contribution in [0.4, 0.5) is 0 Å². The van der Waals surface area contributed by atoms with Gasteiger partial charge in [0.1, 0.15) is 11.8 Å². The van der Waals surface area contributed by atoms with Gasteiger partial charge in [0, 0.05) is 22.6 Å². The zero-order chi connectivity index (χ0) is 21.6. The summed E-state index contributed by atoms with van der Waals surface area (Å²) in [5.41, 5.74) is 2.69. The number of halogens is 2. The van der Waals surface area contributed by atoms with Crippen molar-refractivity contribution in [3.63, 3.8) is 0 Å². The first kappa shape index (κ1) is 23.2. The summed E-state index contributed by atoms with van der Waals surface area (Å²) in [6.07, 6.45) is 0. The maximum absolute atomic E-state index is 13.0. The Morgan fingerprint density at radius 1 is 1.21 bits per heavy atom. The summed E-state index contributed by atoms with van der Waals surface area (Å²) in [5, 5.41) is 3.46. The Morgan fingerprint density at radius 2 is 1.86 bits per heavy atom. The van der Waals surface area contributed by atoms with Gasteiger partial charge in [0.25, 0.3) is 5.91 Å². The second-order valence-electron chi connectivity index (χ2n) is 6.88. The van der Waals surface area contributed by atoms with Gasteiger partial charge in [-0.2, -0.15) is 0 Å². The Labute approximate surface area is 185 Å². The Kier molecular flexibility index (Phi) is 8.53. The van der Waals surface area contributed by atoms with Crippen LogP contribution in [-0.2, 0) is 16.1 Å². The van der Waals surface area contributed by atoms with Crippen LogP contribution in [0.5, 0.6) is 5.75 Å². The number of carbonyl (C=O) groups excluding carboxylic acids is 2. The van der Waals surface area contributed by atoms with Gasteiger partial charge in [-0.25, -0.2) is 0 Å². The lowest BCUT2D eigenvalue weighted by atomic mass is 10.1. The van der Waals surface area contributed by atoms with E-state index in [4.69, 9.17) is 16.3 Å². The lowest BCUT2D eigenvalue weighted by Gasteiger charge is -2.28. The highest BCUT2D eigenvalue weighted by molar-refractivity contribution is 9.10. The molecule has 1 atom stereocenters. The molecule has 2 aromatic rings. The highest BCUT2D eigenvalue weighted by Gasteiger charge is 2.26. The van der Waals surface area contributed by atoms with Crippen LogP contribution in [0.3, 0.4) is 0 Å². The van der Waals surface area contributed by atoms with Crippen LogP contribution in [-0.4, -0.2) is 35.9 Å². The molecule has 0 spiro atoms. The van der Waals surface area contributed by atoms with Crippen molar-refractivity contribution in [1.82, 2.24) is 10.2 Å². The van der Waals surface area contributed by atoms with E-state index in [1.807, 2.05) is 45.0 Å². The third kappa shape index (κ3) is 6.47. The molecule has 0 fully saturated rings. The van der Waals surface area contributed by atoms with Gasteiger partial charge in [-0.3, -0.25) is 9.59 Å². The van der Waals surface area contributed by atoms with E-state index in [-0.39, 0.29) is 18.4 Å². The molecule has 2 aromatic carbocycles. The number of hydrogen-bond acceptors (Lipinski definition) is 3. The van der Waals surface area contributed by atoms with Gasteiger partial charge in [0.05, 0.1) is 0 Å². The lowest BCUT2D eigenvalue weighted by molar-refractivity contribution is -0.142. The normalized spacial score (nSPS) is 11.7. The maximum atomic E-state index is 13.0. The fourth-order valence-corrected chi connectivity index (χ4v) is 3.51. The molecule has 0 saturated carbocycles. The molecule has 5 nitrogen and oxygen atoms in total. The predicted molar refractivity (Wildman–Crippen MR) is 119 cm³/mol. The summed E-state index contributed by atoms with van der Waals surface area (Å²) < 4.78 is 6.64. The molecule has 0 aliphatic carbocycles. The number of nitrogens with one attached hydrogen (secondary N) is 1. The summed E-state index contributed by atoms with van der Waals surface area (Å²) in [4.78, 5) is 26.9. The monoisotopic (exact) mass is 480 g/mol. The molecule has 1 N–H and O–H groups in total. The van der Waals surface area contributed by atoms with Crippen LogP contribution in [0.1, 0.15) is 30.5 Å². The summed E-state index contributed by atoms with van der Waals surface area (Å²) in [6, 6.07) is 10.6. The van der Waals surface area contributed by atoms with Crippen LogP contribution >= 0.6 is 27.5 Å². The van der Waals surface area contributed by atoms with Gasteiger partial charge in [-0.15, -0.1) is 0 Å². The smallest absolute Gasteiger partial charge is 0.261 e. The minimum absolute atomic E-state index is 0.168. The Bertz CT molecular complexity index is 865. The van der Waals surface area contributed by atoms with E-state index in [1.54, 1.807) is 19.1 Å². The third-order valence-corrected chi connectivity index (χ3v) is 5.62. The van der Waals surface area contributed by atoms with Crippen LogP contribution in [0.15, 0.2) is 40.9 Å². The van der Waals surface area contributed by atoms with Gasteiger partial charge in [-0.05, 0) is 68.7 Å². The summed E-state index contributed by atoms with van der Waals surface area (Å²) >= 11 is 9.64. The number of aryl methyl sites for hydroxylation is 2. The highest BCUT2D eigenvalue weighted by atomic mass is 79.9. The summed E-state index contributed by atoms with van der Waals surface area (Å²) in [7, 11) is 0. The summed E-state index contributed by atoms with van der Waals surface area (Å²) in [6.45, 7) is 7.98. The minimum atomic E-state index is -0.626. The summed E-state index contributed by atoms with van der Waals surface area (Å²) in [5.74, 6) is 0.105. The van der Waals surface area contributed by atoms with E-state index in [9.17, 15) is 9.59 Å². The van der Waals surface area contributed by atoms with Gasteiger partial charge in [-0.1, -0.05) is 39.7 Å². The Balaban J connectivity index is 2.18. The van der Waals surface area contributed by atoms with Crippen LogP contribution in [0, 0.1) is 13.8 Å². The average Bonchev–Trinajstić information content (AvgIpc) is 2.68. The van der Waals surface area contributed by atoms with Gasteiger partial charge < -0.3 is 15.0 Å². The van der Waals surface area contributed by atoms with Crippen LogP contribution < -0.4 is 10.1 Å². The van der Waals surface area contributed by atoms with Crippen LogP contribution in [0.2, 0.25) is 5.02 Å². The molecule has 0 saturated heterocycles. The van der Waals surface area contributed by atoms with Crippen molar-refractivity contribution in [3.8, 4) is 5.75 Å². The van der Waals surface area contributed by atoms with E-state index in [1.165, 1.54) is 4.90 Å². The zero-order valence-electron chi connectivity index (χ0n) is 17.1.